The number of carbonyl (C=O) groups is 1. The van der Waals surface area contributed by atoms with Crippen LogP contribution < -0.4 is 5.32 Å². The molecule has 1 saturated heterocycles. The summed E-state index contributed by atoms with van der Waals surface area (Å²) in [6.45, 7) is 0.826. The average Bonchev–Trinajstić information content (AvgIpc) is 2.70. The van der Waals surface area contributed by atoms with Gasteiger partial charge in [0.15, 0.2) is 0 Å². The number of carbonyl (C=O) groups excluding carboxylic acids is 1. The van der Waals surface area contributed by atoms with Gasteiger partial charge in [-0.1, -0.05) is 12.1 Å². The van der Waals surface area contributed by atoms with Gasteiger partial charge in [-0.15, -0.1) is 0 Å². The van der Waals surface area contributed by atoms with Gasteiger partial charge in [0.05, 0.1) is 10.8 Å². The van der Waals surface area contributed by atoms with E-state index in [4.69, 9.17) is 0 Å². The third-order valence-electron chi connectivity index (χ3n) is 4.83. The Morgan fingerprint density at radius 1 is 1.04 bits per heavy atom. The normalized spacial score (nSPS) is 18.0. The van der Waals surface area contributed by atoms with E-state index in [0.717, 1.165) is 17.7 Å². The van der Waals surface area contributed by atoms with Crippen molar-refractivity contribution in [2.24, 2.45) is 5.92 Å². The Labute approximate surface area is 163 Å². The van der Waals surface area contributed by atoms with Gasteiger partial charge in [-0.3, -0.25) is 4.79 Å². The molecule has 2 aromatic rings. The van der Waals surface area contributed by atoms with E-state index in [1.165, 1.54) is 28.6 Å². The van der Waals surface area contributed by atoms with Crippen molar-refractivity contribution >= 4 is 15.9 Å². The highest BCUT2D eigenvalue weighted by Crippen LogP contribution is 2.24. The lowest BCUT2D eigenvalue weighted by Gasteiger charge is -2.31. The fourth-order valence-corrected chi connectivity index (χ4v) is 4.78. The van der Waals surface area contributed by atoms with E-state index in [0.29, 0.717) is 32.4 Å². The molecule has 28 heavy (non-hydrogen) atoms. The Bertz CT molecular complexity index is 915. The zero-order valence-corrected chi connectivity index (χ0v) is 16.1. The standard InChI is InChI=1S/C20H22F2N2O3S/c21-17-5-3-15(4-6-17)11-12-23-20(25)16-2-1-13-24(14-16)28(26,27)19-9-7-18(22)8-10-19/h3-10,16H,1-2,11-14H2,(H,23,25)/t16-/m1/s1. The molecule has 1 fully saturated rings. The first-order valence-corrected chi connectivity index (χ1v) is 10.6. The number of rotatable bonds is 6. The molecular weight excluding hydrogens is 386 g/mol. The van der Waals surface area contributed by atoms with Crippen molar-refractivity contribution in [3.05, 3.63) is 65.7 Å². The summed E-state index contributed by atoms with van der Waals surface area (Å²) in [6, 6.07) is 10.8. The maximum atomic E-state index is 13.1. The van der Waals surface area contributed by atoms with Crippen LogP contribution in [0.2, 0.25) is 0 Å². The summed E-state index contributed by atoms with van der Waals surface area (Å²) in [4.78, 5) is 12.5. The molecule has 1 N–H and O–H groups in total. The molecule has 0 aliphatic carbocycles. The molecule has 0 unspecified atom stereocenters. The molecule has 1 amide bonds. The second kappa shape index (κ2) is 8.79. The van der Waals surface area contributed by atoms with E-state index in [1.54, 1.807) is 12.1 Å². The quantitative estimate of drug-likeness (QED) is 0.799. The minimum atomic E-state index is -3.76. The van der Waals surface area contributed by atoms with Crippen molar-refractivity contribution in [3.63, 3.8) is 0 Å². The average molecular weight is 408 g/mol. The Morgan fingerprint density at radius 2 is 1.64 bits per heavy atom. The minimum Gasteiger partial charge on any atom is -0.355 e. The summed E-state index contributed by atoms with van der Waals surface area (Å²) >= 11 is 0. The van der Waals surface area contributed by atoms with Gasteiger partial charge in [-0.05, 0) is 61.2 Å². The first-order chi connectivity index (χ1) is 13.4. The number of hydrogen-bond acceptors (Lipinski definition) is 3. The van der Waals surface area contributed by atoms with Crippen LogP contribution >= 0.6 is 0 Å². The fraction of sp³-hybridized carbons (Fsp3) is 0.350. The summed E-state index contributed by atoms with van der Waals surface area (Å²) in [5.74, 6) is -1.44. The number of nitrogens with one attached hydrogen (secondary N) is 1. The third-order valence-corrected chi connectivity index (χ3v) is 6.71. The maximum absolute atomic E-state index is 13.1. The summed E-state index contributed by atoms with van der Waals surface area (Å²) in [7, 11) is -3.76. The molecule has 1 aliphatic heterocycles. The summed E-state index contributed by atoms with van der Waals surface area (Å²) in [5.41, 5.74) is 0.908. The molecule has 150 valence electrons. The van der Waals surface area contributed by atoms with Crippen LogP contribution in [0.4, 0.5) is 8.78 Å². The first-order valence-electron chi connectivity index (χ1n) is 9.14. The Balaban J connectivity index is 1.57. The maximum Gasteiger partial charge on any atom is 0.243 e. The predicted molar refractivity (Wildman–Crippen MR) is 101 cm³/mol. The molecule has 0 aromatic heterocycles. The molecule has 1 atom stereocenters. The van der Waals surface area contributed by atoms with E-state index in [9.17, 15) is 22.0 Å². The molecule has 1 heterocycles. The largest absolute Gasteiger partial charge is 0.355 e. The van der Waals surface area contributed by atoms with E-state index in [2.05, 4.69) is 5.32 Å². The molecule has 5 nitrogen and oxygen atoms in total. The van der Waals surface area contributed by atoms with Gasteiger partial charge in [0.2, 0.25) is 15.9 Å². The second-order valence-corrected chi connectivity index (χ2v) is 8.76. The highest BCUT2D eigenvalue weighted by atomic mass is 32.2. The zero-order valence-electron chi connectivity index (χ0n) is 15.3. The Kier molecular flexibility index (Phi) is 6.41. The van der Waals surface area contributed by atoms with Crippen LogP contribution in [0.5, 0.6) is 0 Å². The molecule has 1 aliphatic rings. The number of nitrogens with zero attached hydrogens (tertiary/aromatic N) is 1. The summed E-state index contributed by atoms with van der Waals surface area (Å²) in [5, 5.41) is 2.83. The van der Waals surface area contributed by atoms with Crippen molar-refractivity contribution in [3.8, 4) is 0 Å². The lowest BCUT2D eigenvalue weighted by molar-refractivity contribution is -0.126. The molecule has 2 aromatic carbocycles. The molecule has 0 radical (unpaired) electrons. The highest BCUT2D eigenvalue weighted by Gasteiger charge is 2.33. The van der Waals surface area contributed by atoms with Crippen molar-refractivity contribution < 1.29 is 22.0 Å². The second-order valence-electron chi connectivity index (χ2n) is 6.82. The van der Waals surface area contributed by atoms with Crippen LogP contribution in [0, 0.1) is 17.6 Å². The fourth-order valence-electron chi connectivity index (χ4n) is 3.26. The predicted octanol–water partition coefficient (Wildman–Crippen LogP) is 2.72. The SMILES string of the molecule is O=C(NCCc1ccc(F)cc1)[C@@H]1CCCN(S(=O)(=O)c2ccc(F)cc2)C1. The number of halogens is 2. The Hall–Kier alpha value is -2.32. The van der Waals surface area contributed by atoms with Crippen molar-refractivity contribution in [1.29, 1.82) is 0 Å². The monoisotopic (exact) mass is 408 g/mol. The third kappa shape index (κ3) is 4.94. The van der Waals surface area contributed by atoms with Gasteiger partial charge in [0.25, 0.3) is 0 Å². The van der Waals surface area contributed by atoms with E-state index < -0.39 is 21.8 Å². The van der Waals surface area contributed by atoms with Crippen LogP contribution in [0.1, 0.15) is 18.4 Å². The molecular formula is C20H22F2N2O3S. The number of sulfonamides is 1. The van der Waals surface area contributed by atoms with Crippen molar-refractivity contribution in [2.45, 2.75) is 24.2 Å². The van der Waals surface area contributed by atoms with Crippen molar-refractivity contribution in [1.82, 2.24) is 9.62 Å². The lowest BCUT2D eigenvalue weighted by Crippen LogP contribution is -2.45. The van der Waals surface area contributed by atoms with Gasteiger partial charge in [-0.2, -0.15) is 4.31 Å². The van der Waals surface area contributed by atoms with Crippen LogP contribution in [-0.4, -0.2) is 38.3 Å². The van der Waals surface area contributed by atoms with Gasteiger partial charge in [0.1, 0.15) is 11.6 Å². The van der Waals surface area contributed by atoms with E-state index >= 15 is 0 Å². The molecule has 0 spiro atoms. The highest BCUT2D eigenvalue weighted by molar-refractivity contribution is 7.89. The number of piperidine rings is 1. The zero-order chi connectivity index (χ0) is 20.1. The Morgan fingerprint density at radius 3 is 2.29 bits per heavy atom. The topological polar surface area (TPSA) is 66.5 Å². The molecule has 8 heteroatoms. The smallest absolute Gasteiger partial charge is 0.243 e. The van der Waals surface area contributed by atoms with Crippen LogP contribution in [0.25, 0.3) is 0 Å². The molecule has 0 bridgehead atoms. The van der Waals surface area contributed by atoms with Gasteiger partial charge in [-0.25, -0.2) is 17.2 Å². The van der Waals surface area contributed by atoms with Gasteiger partial charge < -0.3 is 5.32 Å². The lowest BCUT2D eigenvalue weighted by atomic mass is 9.99. The summed E-state index contributed by atoms with van der Waals surface area (Å²) < 4.78 is 52.7. The van der Waals surface area contributed by atoms with E-state index in [1.807, 2.05) is 0 Å². The van der Waals surface area contributed by atoms with E-state index in [-0.39, 0.29) is 23.2 Å². The van der Waals surface area contributed by atoms with Crippen LogP contribution in [0.3, 0.4) is 0 Å². The number of benzene rings is 2. The van der Waals surface area contributed by atoms with Gasteiger partial charge >= 0.3 is 0 Å². The first kappa shape index (κ1) is 20.4. The number of amides is 1. The van der Waals surface area contributed by atoms with Crippen molar-refractivity contribution in [2.75, 3.05) is 19.6 Å². The minimum absolute atomic E-state index is 0.0197. The molecule has 3 rings (SSSR count). The van der Waals surface area contributed by atoms with Gasteiger partial charge in [0, 0.05) is 19.6 Å². The summed E-state index contributed by atoms with van der Waals surface area (Å²) in [6.07, 6.45) is 1.75. The van der Waals surface area contributed by atoms with Crippen LogP contribution in [-0.2, 0) is 21.2 Å². The number of hydrogen-bond donors (Lipinski definition) is 1. The molecule has 0 saturated carbocycles. The van der Waals surface area contributed by atoms with Crippen LogP contribution in [0.15, 0.2) is 53.4 Å².